The van der Waals surface area contributed by atoms with E-state index in [9.17, 15) is 0 Å². The van der Waals surface area contributed by atoms with Gasteiger partial charge in [0.2, 0.25) is 0 Å². The van der Waals surface area contributed by atoms with Crippen molar-refractivity contribution >= 4 is 22.7 Å². The molecule has 3 heterocycles. The first kappa shape index (κ1) is 17.9. The summed E-state index contributed by atoms with van der Waals surface area (Å²) in [5.41, 5.74) is 6.13. The molecule has 5 nitrogen and oxygen atoms in total. The number of ether oxygens (including phenoxy) is 1. The van der Waals surface area contributed by atoms with Crippen LogP contribution >= 0.6 is 22.7 Å². The molecule has 2 aromatic heterocycles. The maximum absolute atomic E-state index is 5.82. The number of morpholine rings is 1. The maximum atomic E-state index is 5.82. The highest BCUT2D eigenvalue weighted by Crippen LogP contribution is 2.13. The summed E-state index contributed by atoms with van der Waals surface area (Å²) in [4.78, 5) is 13.9. The molecule has 1 aliphatic rings. The number of nitrogens with zero attached hydrogens (tertiary/aromatic N) is 4. The van der Waals surface area contributed by atoms with Gasteiger partial charge < -0.3 is 4.74 Å². The van der Waals surface area contributed by atoms with Gasteiger partial charge in [0.25, 0.3) is 0 Å². The Morgan fingerprint density at radius 2 is 1.67 bits per heavy atom. The minimum Gasteiger partial charge on any atom is -0.373 e. The van der Waals surface area contributed by atoms with Gasteiger partial charge in [-0.1, -0.05) is 0 Å². The van der Waals surface area contributed by atoms with Gasteiger partial charge in [0.15, 0.2) is 0 Å². The second-order valence-corrected chi connectivity index (χ2v) is 7.98. The molecule has 1 fully saturated rings. The molecular weight excluding hydrogens is 340 g/mol. The van der Waals surface area contributed by atoms with Gasteiger partial charge in [-0.15, -0.1) is 22.7 Å². The summed E-state index contributed by atoms with van der Waals surface area (Å²) in [7, 11) is 0. The highest BCUT2D eigenvalue weighted by atomic mass is 32.1. The van der Waals surface area contributed by atoms with Gasteiger partial charge in [-0.3, -0.25) is 9.80 Å². The molecule has 0 aliphatic carbocycles. The molecule has 0 bridgehead atoms. The summed E-state index contributed by atoms with van der Waals surface area (Å²) in [6.07, 6.45) is 1.85. The average molecular weight is 367 g/mol. The van der Waals surface area contributed by atoms with E-state index < -0.39 is 0 Å². The zero-order valence-corrected chi connectivity index (χ0v) is 16.1. The van der Waals surface area contributed by atoms with Gasteiger partial charge >= 0.3 is 0 Å². The first-order valence-corrected chi connectivity index (χ1v) is 10.4. The summed E-state index contributed by atoms with van der Waals surface area (Å²) in [6.45, 7) is 10.4. The van der Waals surface area contributed by atoms with Crippen molar-refractivity contribution in [2.75, 3.05) is 26.2 Å². The van der Waals surface area contributed by atoms with Crippen LogP contribution in [0.5, 0.6) is 0 Å². The molecular formula is C17H26N4OS2. The second kappa shape index (κ2) is 9.01. The lowest BCUT2D eigenvalue weighted by Crippen LogP contribution is -2.46. The van der Waals surface area contributed by atoms with Gasteiger partial charge in [-0.25, -0.2) is 9.97 Å². The van der Waals surface area contributed by atoms with Crippen LogP contribution in [-0.2, 0) is 17.8 Å². The normalized spacial score (nSPS) is 22.3. The van der Waals surface area contributed by atoms with E-state index in [0.29, 0.717) is 12.2 Å². The standard InChI is InChI=1S/C17H26N4OS2/c1-14-6-20(7-15(2)22-14)4-3-5-21(8-16-10-23-12-18-16)9-17-11-24-13-19-17/h10-15H,3-9H2,1-2H3/t14-,15+. The fourth-order valence-corrected chi connectivity index (χ4v) is 4.39. The van der Waals surface area contributed by atoms with Crippen LogP contribution in [0.4, 0.5) is 0 Å². The molecule has 0 spiro atoms. The molecule has 0 radical (unpaired) electrons. The van der Waals surface area contributed by atoms with Gasteiger partial charge in [-0.05, 0) is 26.8 Å². The Morgan fingerprint density at radius 1 is 1.08 bits per heavy atom. The number of hydrogen-bond acceptors (Lipinski definition) is 7. The summed E-state index contributed by atoms with van der Waals surface area (Å²) in [5.74, 6) is 0. The van der Waals surface area contributed by atoms with E-state index in [1.54, 1.807) is 22.7 Å². The Morgan fingerprint density at radius 3 is 2.17 bits per heavy atom. The smallest absolute Gasteiger partial charge is 0.0795 e. The lowest BCUT2D eigenvalue weighted by molar-refractivity contribution is -0.0685. The lowest BCUT2D eigenvalue weighted by Gasteiger charge is -2.35. The highest BCUT2D eigenvalue weighted by molar-refractivity contribution is 7.07. The highest BCUT2D eigenvalue weighted by Gasteiger charge is 2.21. The SMILES string of the molecule is C[C@@H]1CN(CCCN(Cc2cscn2)Cc2cscn2)C[C@H](C)O1. The summed E-state index contributed by atoms with van der Waals surface area (Å²) < 4.78 is 5.82. The maximum Gasteiger partial charge on any atom is 0.0795 e. The van der Waals surface area contributed by atoms with Crippen LogP contribution in [0.2, 0.25) is 0 Å². The summed E-state index contributed by atoms with van der Waals surface area (Å²) in [6, 6.07) is 0. The van der Waals surface area contributed by atoms with Crippen molar-refractivity contribution < 1.29 is 4.74 Å². The molecule has 3 rings (SSSR count). The topological polar surface area (TPSA) is 41.5 Å². The Hall–Kier alpha value is -0.860. The van der Waals surface area contributed by atoms with E-state index in [4.69, 9.17) is 4.74 Å². The zero-order valence-electron chi connectivity index (χ0n) is 14.4. The molecule has 2 aromatic rings. The van der Waals surface area contributed by atoms with Crippen LogP contribution in [0.15, 0.2) is 21.8 Å². The van der Waals surface area contributed by atoms with Crippen LogP contribution in [0.3, 0.4) is 0 Å². The lowest BCUT2D eigenvalue weighted by atomic mass is 10.2. The van der Waals surface area contributed by atoms with Crippen molar-refractivity contribution in [3.05, 3.63) is 33.2 Å². The Labute approximate surface area is 152 Å². The van der Waals surface area contributed by atoms with E-state index in [2.05, 4.69) is 44.4 Å². The molecule has 132 valence electrons. The van der Waals surface area contributed by atoms with Crippen molar-refractivity contribution in [1.29, 1.82) is 0 Å². The Balaban J connectivity index is 1.49. The van der Waals surface area contributed by atoms with Crippen LogP contribution in [0.25, 0.3) is 0 Å². The molecule has 0 aromatic carbocycles. The summed E-state index contributed by atoms with van der Waals surface area (Å²) >= 11 is 3.33. The molecule has 2 atom stereocenters. The van der Waals surface area contributed by atoms with Crippen molar-refractivity contribution in [2.24, 2.45) is 0 Å². The average Bonchev–Trinajstić information content (AvgIpc) is 3.20. The zero-order chi connectivity index (χ0) is 16.8. The number of aromatic nitrogens is 2. The molecule has 1 saturated heterocycles. The molecule has 0 amide bonds. The number of hydrogen-bond donors (Lipinski definition) is 0. The third-order valence-corrected chi connectivity index (χ3v) is 5.45. The molecule has 0 saturated carbocycles. The summed E-state index contributed by atoms with van der Waals surface area (Å²) in [5, 5.41) is 4.28. The van der Waals surface area contributed by atoms with Gasteiger partial charge in [-0.2, -0.15) is 0 Å². The third-order valence-electron chi connectivity index (χ3n) is 4.18. The molecule has 24 heavy (non-hydrogen) atoms. The van der Waals surface area contributed by atoms with E-state index in [1.807, 2.05) is 11.0 Å². The number of rotatable bonds is 8. The largest absolute Gasteiger partial charge is 0.373 e. The minimum atomic E-state index is 0.342. The van der Waals surface area contributed by atoms with Crippen LogP contribution in [0, 0.1) is 0 Å². The van der Waals surface area contributed by atoms with Crippen molar-refractivity contribution in [1.82, 2.24) is 19.8 Å². The molecule has 1 aliphatic heterocycles. The predicted molar refractivity (Wildman–Crippen MR) is 99.4 cm³/mol. The van der Waals surface area contributed by atoms with Crippen LogP contribution in [-0.4, -0.2) is 58.2 Å². The van der Waals surface area contributed by atoms with E-state index in [0.717, 1.165) is 57.1 Å². The van der Waals surface area contributed by atoms with Gasteiger partial charge in [0.05, 0.1) is 34.6 Å². The van der Waals surface area contributed by atoms with Gasteiger partial charge in [0, 0.05) is 43.5 Å². The third kappa shape index (κ3) is 5.60. The van der Waals surface area contributed by atoms with Crippen LogP contribution in [0.1, 0.15) is 31.7 Å². The van der Waals surface area contributed by atoms with E-state index in [-0.39, 0.29) is 0 Å². The van der Waals surface area contributed by atoms with E-state index in [1.165, 1.54) is 0 Å². The van der Waals surface area contributed by atoms with Crippen molar-refractivity contribution in [3.8, 4) is 0 Å². The fraction of sp³-hybridized carbons (Fsp3) is 0.647. The minimum absolute atomic E-state index is 0.342. The van der Waals surface area contributed by atoms with Gasteiger partial charge in [0.1, 0.15) is 0 Å². The van der Waals surface area contributed by atoms with Crippen molar-refractivity contribution in [2.45, 2.75) is 45.6 Å². The fourth-order valence-electron chi connectivity index (χ4n) is 3.29. The van der Waals surface area contributed by atoms with E-state index >= 15 is 0 Å². The first-order valence-electron chi connectivity index (χ1n) is 8.53. The Bertz CT molecular complexity index is 529. The Kier molecular flexibility index (Phi) is 6.74. The quantitative estimate of drug-likeness (QED) is 0.718. The molecule has 7 heteroatoms. The van der Waals surface area contributed by atoms with Crippen LogP contribution < -0.4 is 0 Å². The first-order chi connectivity index (χ1) is 11.7. The number of thiazole rings is 2. The monoisotopic (exact) mass is 366 g/mol. The molecule has 0 N–H and O–H groups in total. The predicted octanol–water partition coefficient (Wildman–Crippen LogP) is 3.10. The second-order valence-electron chi connectivity index (χ2n) is 6.54. The van der Waals surface area contributed by atoms with Crippen molar-refractivity contribution in [3.63, 3.8) is 0 Å². The molecule has 0 unspecified atom stereocenters.